The summed E-state index contributed by atoms with van der Waals surface area (Å²) in [5.74, 6) is 0.845. The largest absolute Gasteiger partial charge is 0.469 e. The second kappa shape index (κ2) is 9.94. The van der Waals surface area contributed by atoms with Gasteiger partial charge in [-0.25, -0.2) is 0 Å². The quantitative estimate of drug-likeness (QED) is 0.287. The van der Waals surface area contributed by atoms with Crippen molar-refractivity contribution in [2.45, 2.75) is 52.6 Å². The second-order valence-corrected chi connectivity index (χ2v) is 7.60. The summed E-state index contributed by atoms with van der Waals surface area (Å²) < 4.78 is 4.92. The molecule has 1 saturated carbocycles. The number of halogens is 1. The number of aliphatic hydroxyl groups excluding tert-OH is 1. The predicted molar refractivity (Wildman–Crippen MR) is 110 cm³/mol. The lowest BCUT2D eigenvalue weighted by Crippen LogP contribution is -2.43. The molecule has 2 N–H and O–H groups in total. The Morgan fingerprint density at radius 1 is 1.40 bits per heavy atom. The molecule has 2 rings (SSSR count). The van der Waals surface area contributed by atoms with Gasteiger partial charge in [0.05, 0.1) is 25.7 Å². The number of ether oxygens (including phenoxy) is 1. The zero-order valence-electron chi connectivity index (χ0n) is 16.0. The van der Waals surface area contributed by atoms with Crippen LogP contribution in [0, 0.1) is 17.3 Å². The Hall–Kier alpha value is -0.570. The fraction of sp³-hybridized carbons (Fsp3) is 0.889. The molecule has 0 aromatic carbocycles. The van der Waals surface area contributed by atoms with Crippen molar-refractivity contribution in [2.75, 3.05) is 33.3 Å². The first-order valence-electron chi connectivity index (χ1n) is 9.20. The molecule has 2 aliphatic rings. The normalized spacial score (nSPS) is 32.9. The van der Waals surface area contributed by atoms with Gasteiger partial charge >= 0.3 is 5.97 Å². The number of rotatable bonds is 4. The third-order valence-electron chi connectivity index (χ3n) is 5.62. The van der Waals surface area contributed by atoms with Gasteiger partial charge in [-0.1, -0.05) is 26.7 Å². The van der Waals surface area contributed by atoms with Crippen LogP contribution < -0.4 is 5.32 Å². The number of hydrogen-bond acceptors (Lipinski definition) is 4. The maximum Gasteiger partial charge on any atom is 0.310 e. The number of nitrogens with one attached hydrogen (secondary N) is 1. The molecule has 1 heterocycles. The van der Waals surface area contributed by atoms with Crippen molar-refractivity contribution in [3.63, 3.8) is 0 Å². The molecule has 25 heavy (non-hydrogen) atoms. The van der Waals surface area contributed by atoms with Crippen LogP contribution in [0.4, 0.5) is 0 Å². The SMILES string of the molecule is CCNC(=NCC1(C)CCCCC1O)N1CC(C)C(C(=O)OC)C1.I. The van der Waals surface area contributed by atoms with Crippen LogP contribution in [0.15, 0.2) is 4.99 Å². The van der Waals surface area contributed by atoms with Gasteiger partial charge in [-0.3, -0.25) is 9.79 Å². The first-order chi connectivity index (χ1) is 11.4. The van der Waals surface area contributed by atoms with E-state index in [0.29, 0.717) is 13.1 Å². The van der Waals surface area contributed by atoms with Crippen molar-refractivity contribution in [1.29, 1.82) is 0 Å². The van der Waals surface area contributed by atoms with Crippen LogP contribution in [-0.4, -0.2) is 61.3 Å². The van der Waals surface area contributed by atoms with Crippen LogP contribution in [-0.2, 0) is 9.53 Å². The lowest BCUT2D eigenvalue weighted by Gasteiger charge is -2.37. The molecule has 4 atom stereocenters. The molecule has 146 valence electrons. The molecule has 1 saturated heterocycles. The first-order valence-corrected chi connectivity index (χ1v) is 9.20. The van der Waals surface area contributed by atoms with E-state index in [1.54, 1.807) is 0 Å². The summed E-state index contributed by atoms with van der Waals surface area (Å²) in [5, 5.41) is 13.7. The van der Waals surface area contributed by atoms with Crippen LogP contribution in [0.3, 0.4) is 0 Å². The summed E-state index contributed by atoms with van der Waals surface area (Å²) >= 11 is 0. The van der Waals surface area contributed by atoms with E-state index in [1.165, 1.54) is 7.11 Å². The van der Waals surface area contributed by atoms with Gasteiger partial charge in [0.1, 0.15) is 0 Å². The molecule has 0 bridgehead atoms. The molecule has 4 unspecified atom stereocenters. The molecule has 1 aliphatic carbocycles. The van der Waals surface area contributed by atoms with Crippen LogP contribution in [0.5, 0.6) is 0 Å². The lowest BCUT2D eigenvalue weighted by atomic mass is 9.73. The minimum Gasteiger partial charge on any atom is -0.469 e. The molecule has 2 fully saturated rings. The summed E-state index contributed by atoms with van der Waals surface area (Å²) in [5.41, 5.74) is -0.147. The Morgan fingerprint density at radius 2 is 2.12 bits per heavy atom. The second-order valence-electron chi connectivity index (χ2n) is 7.60. The van der Waals surface area contributed by atoms with Crippen molar-refractivity contribution in [3.8, 4) is 0 Å². The highest BCUT2D eigenvalue weighted by atomic mass is 127. The van der Waals surface area contributed by atoms with Gasteiger partial charge in [-0.15, -0.1) is 24.0 Å². The van der Waals surface area contributed by atoms with Gasteiger partial charge in [0.15, 0.2) is 5.96 Å². The molecule has 0 aromatic heterocycles. The van der Waals surface area contributed by atoms with E-state index in [9.17, 15) is 9.90 Å². The highest BCUT2D eigenvalue weighted by Crippen LogP contribution is 2.36. The number of hydrogen-bond donors (Lipinski definition) is 2. The Morgan fingerprint density at radius 3 is 2.72 bits per heavy atom. The van der Waals surface area contributed by atoms with Gasteiger partial charge in [-0.2, -0.15) is 0 Å². The smallest absolute Gasteiger partial charge is 0.310 e. The number of methoxy groups -OCH3 is 1. The van der Waals surface area contributed by atoms with Crippen molar-refractivity contribution < 1.29 is 14.6 Å². The standard InChI is InChI=1S/C18H33N3O3.HI/c1-5-19-17(20-12-18(3)9-7-6-8-15(18)22)21-10-13(2)14(11-21)16(23)24-4;/h13-15,22H,5-12H2,1-4H3,(H,19,20);1H. The summed E-state index contributed by atoms with van der Waals surface area (Å²) in [7, 11) is 1.45. The highest BCUT2D eigenvalue weighted by molar-refractivity contribution is 14.0. The number of guanidine groups is 1. The number of carbonyl (C=O) groups is 1. The minimum absolute atomic E-state index is 0. The maximum absolute atomic E-state index is 11.9. The maximum atomic E-state index is 11.9. The Kier molecular flexibility index (Phi) is 8.94. The third kappa shape index (κ3) is 5.45. The van der Waals surface area contributed by atoms with E-state index in [0.717, 1.165) is 44.7 Å². The summed E-state index contributed by atoms with van der Waals surface area (Å²) in [6, 6.07) is 0. The fourth-order valence-corrected chi connectivity index (χ4v) is 3.85. The van der Waals surface area contributed by atoms with Crippen molar-refractivity contribution in [1.82, 2.24) is 10.2 Å². The average molecular weight is 467 g/mol. The molecule has 6 nitrogen and oxygen atoms in total. The summed E-state index contributed by atoms with van der Waals surface area (Å²) in [4.78, 5) is 18.9. The van der Waals surface area contributed by atoms with Gasteiger partial charge in [0.25, 0.3) is 0 Å². The van der Waals surface area contributed by atoms with Gasteiger partial charge in [-0.05, 0) is 25.7 Å². The zero-order chi connectivity index (χ0) is 17.7. The van der Waals surface area contributed by atoms with E-state index in [2.05, 4.69) is 24.1 Å². The molecule has 0 radical (unpaired) electrons. The average Bonchev–Trinajstić information content (AvgIpc) is 2.95. The third-order valence-corrected chi connectivity index (χ3v) is 5.62. The van der Waals surface area contributed by atoms with E-state index in [4.69, 9.17) is 9.73 Å². The van der Waals surface area contributed by atoms with Crippen LogP contribution in [0.1, 0.15) is 46.5 Å². The van der Waals surface area contributed by atoms with Crippen molar-refractivity contribution in [3.05, 3.63) is 0 Å². The number of nitrogens with zero attached hydrogens (tertiary/aromatic N) is 2. The topological polar surface area (TPSA) is 74.2 Å². The van der Waals surface area contributed by atoms with Gasteiger partial charge in [0, 0.05) is 25.0 Å². The fourth-order valence-electron chi connectivity index (χ4n) is 3.85. The first kappa shape index (κ1) is 22.5. The number of likely N-dealkylation sites (tertiary alicyclic amines) is 1. The Balaban J connectivity index is 0.00000312. The number of carbonyl (C=O) groups excluding carboxylic acids is 1. The molecule has 1 aliphatic heterocycles. The molecular formula is C18H34IN3O3. The monoisotopic (exact) mass is 467 g/mol. The van der Waals surface area contributed by atoms with Crippen LogP contribution in [0.2, 0.25) is 0 Å². The van der Waals surface area contributed by atoms with Crippen molar-refractivity contribution >= 4 is 35.9 Å². The predicted octanol–water partition coefficient (Wildman–Crippen LogP) is 2.25. The molecule has 0 amide bonds. The number of aliphatic imine (C=N–C) groups is 1. The molecule has 0 spiro atoms. The van der Waals surface area contributed by atoms with E-state index < -0.39 is 0 Å². The van der Waals surface area contributed by atoms with Gasteiger partial charge in [0.2, 0.25) is 0 Å². The Labute approximate surface area is 168 Å². The molecule has 0 aromatic rings. The molecular weight excluding hydrogens is 433 g/mol. The summed E-state index contributed by atoms with van der Waals surface area (Å²) in [6.45, 7) is 9.09. The van der Waals surface area contributed by atoms with Gasteiger partial charge < -0.3 is 20.1 Å². The van der Waals surface area contributed by atoms with E-state index in [1.807, 2.05) is 6.92 Å². The highest BCUT2D eigenvalue weighted by Gasteiger charge is 2.38. The van der Waals surface area contributed by atoms with Crippen LogP contribution >= 0.6 is 24.0 Å². The number of aliphatic hydroxyl groups is 1. The Bertz CT molecular complexity index is 474. The van der Waals surface area contributed by atoms with Crippen LogP contribution in [0.25, 0.3) is 0 Å². The van der Waals surface area contributed by atoms with E-state index >= 15 is 0 Å². The zero-order valence-corrected chi connectivity index (χ0v) is 18.3. The van der Waals surface area contributed by atoms with Crippen molar-refractivity contribution in [2.24, 2.45) is 22.2 Å². The van der Waals surface area contributed by atoms with E-state index in [-0.39, 0.29) is 53.3 Å². The lowest BCUT2D eigenvalue weighted by molar-refractivity contribution is -0.145. The minimum atomic E-state index is -0.279. The molecule has 7 heteroatoms. The summed E-state index contributed by atoms with van der Waals surface area (Å²) in [6.07, 6.45) is 3.86. The number of esters is 1.